The molecule has 9 heteroatoms. The molecule has 4 amide bonds. The molecular weight excluding hydrogens is 410 g/mol. The first kappa shape index (κ1) is 21.4. The van der Waals surface area contributed by atoms with Crippen LogP contribution in [0.5, 0.6) is 5.75 Å². The topological polar surface area (TPSA) is 116 Å². The number of H-pyrrole nitrogens is 1. The number of aromatic nitrogens is 2. The lowest BCUT2D eigenvalue weighted by Crippen LogP contribution is -2.43. The first-order valence-corrected chi connectivity index (χ1v) is 10.3. The number of carbonyl (C=O) groups is 3. The van der Waals surface area contributed by atoms with Crippen LogP contribution in [-0.2, 0) is 21.5 Å². The standard InChI is InChI=1S/C23H25N5O4/c1-14-12-15(8-9-18(14)32-3)23(2)21(30)28(22(31)27-23)13-20(29)24-11-10-19-25-16-6-4-5-7-17(16)26-19/h4-9,12H,10-11,13H2,1-3H3,(H,24,29)(H,25,26)(H,27,31). The van der Waals surface area contributed by atoms with Crippen molar-refractivity contribution in [1.29, 1.82) is 0 Å². The molecule has 3 N–H and O–H groups in total. The van der Waals surface area contributed by atoms with E-state index in [2.05, 4.69) is 20.6 Å². The van der Waals surface area contributed by atoms with Crippen LogP contribution < -0.4 is 15.4 Å². The van der Waals surface area contributed by atoms with Gasteiger partial charge in [-0.05, 0) is 49.2 Å². The first-order chi connectivity index (χ1) is 15.3. The van der Waals surface area contributed by atoms with Crippen LogP contribution in [0.15, 0.2) is 42.5 Å². The SMILES string of the molecule is COc1ccc(C2(C)NC(=O)N(CC(=O)NCCc3nc4ccccc4[nH]3)C2=O)cc1C. The number of rotatable bonds is 7. The Hall–Kier alpha value is -3.88. The number of hydrogen-bond acceptors (Lipinski definition) is 5. The summed E-state index contributed by atoms with van der Waals surface area (Å²) in [4.78, 5) is 46.5. The Morgan fingerprint density at radius 3 is 2.72 bits per heavy atom. The average Bonchev–Trinajstić information content (AvgIpc) is 3.28. The van der Waals surface area contributed by atoms with Crippen molar-refractivity contribution in [2.45, 2.75) is 25.8 Å². The fourth-order valence-corrected chi connectivity index (χ4v) is 3.87. The van der Waals surface area contributed by atoms with Gasteiger partial charge in [-0.25, -0.2) is 9.78 Å². The van der Waals surface area contributed by atoms with Gasteiger partial charge < -0.3 is 20.4 Å². The van der Waals surface area contributed by atoms with E-state index in [4.69, 9.17) is 4.74 Å². The summed E-state index contributed by atoms with van der Waals surface area (Å²) in [5.74, 6) is 0.554. The van der Waals surface area contributed by atoms with Gasteiger partial charge in [-0.15, -0.1) is 0 Å². The Morgan fingerprint density at radius 1 is 1.22 bits per heavy atom. The number of nitrogens with one attached hydrogen (secondary N) is 3. The van der Waals surface area contributed by atoms with Crippen LogP contribution in [0.3, 0.4) is 0 Å². The van der Waals surface area contributed by atoms with Crippen LogP contribution in [0.1, 0.15) is 23.9 Å². The van der Waals surface area contributed by atoms with E-state index in [9.17, 15) is 14.4 Å². The second-order valence-electron chi connectivity index (χ2n) is 7.93. The number of aryl methyl sites for hydroxylation is 1. The second-order valence-corrected chi connectivity index (χ2v) is 7.93. The summed E-state index contributed by atoms with van der Waals surface area (Å²) in [6.45, 7) is 3.47. The zero-order chi connectivity index (χ0) is 22.9. The molecule has 4 rings (SSSR count). The Balaban J connectivity index is 1.37. The number of imidazole rings is 1. The highest BCUT2D eigenvalue weighted by molar-refractivity contribution is 6.09. The van der Waals surface area contributed by atoms with Crippen LogP contribution in [0, 0.1) is 6.92 Å². The Kier molecular flexibility index (Phi) is 5.56. The predicted octanol–water partition coefficient (Wildman–Crippen LogP) is 2.01. The van der Waals surface area contributed by atoms with Crippen molar-refractivity contribution in [3.05, 3.63) is 59.4 Å². The molecular formula is C23H25N5O4. The minimum Gasteiger partial charge on any atom is -0.496 e. The van der Waals surface area contributed by atoms with Gasteiger partial charge in [-0.3, -0.25) is 14.5 Å². The van der Waals surface area contributed by atoms with E-state index in [0.29, 0.717) is 24.3 Å². The maximum Gasteiger partial charge on any atom is 0.325 e. The summed E-state index contributed by atoms with van der Waals surface area (Å²) in [6, 6.07) is 12.4. The Labute approximate surface area is 185 Å². The Morgan fingerprint density at radius 2 is 2.00 bits per heavy atom. The number of hydrogen-bond donors (Lipinski definition) is 3. The van der Waals surface area contributed by atoms with Gasteiger partial charge in [0.1, 0.15) is 23.7 Å². The average molecular weight is 435 g/mol. The maximum absolute atomic E-state index is 13.1. The zero-order valence-electron chi connectivity index (χ0n) is 18.2. The molecule has 3 aromatic rings. The zero-order valence-corrected chi connectivity index (χ0v) is 18.2. The monoisotopic (exact) mass is 435 g/mol. The molecule has 0 aliphatic carbocycles. The number of methoxy groups -OCH3 is 1. The fourth-order valence-electron chi connectivity index (χ4n) is 3.87. The van der Waals surface area contributed by atoms with Gasteiger partial charge in [0.2, 0.25) is 5.91 Å². The van der Waals surface area contributed by atoms with E-state index in [1.807, 2.05) is 31.2 Å². The molecule has 1 atom stereocenters. The molecule has 0 radical (unpaired) electrons. The normalized spacial score (nSPS) is 18.2. The van der Waals surface area contributed by atoms with Crippen molar-refractivity contribution in [1.82, 2.24) is 25.5 Å². The number of benzene rings is 2. The second kappa shape index (κ2) is 8.33. The predicted molar refractivity (Wildman–Crippen MR) is 118 cm³/mol. The van der Waals surface area contributed by atoms with Gasteiger partial charge in [0.15, 0.2) is 0 Å². The van der Waals surface area contributed by atoms with Crippen molar-refractivity contribution in [2.75, 3.05) is 20.2 Å². The quantitative estimate of drug-likeness (QED) is 0.491. The first-order valence-electron chi connectivity index (χ1n) is 10.3. The van der Waals surface area contributed by atoms with Gasteiger partial charge in [-0.2, -0.15) is 0 Å². The number of fused-ring (bicyclic) bond motifs is 1. The summed E-state index contributed by atoms with van der Waals surface area (Å²) in [5, 5.41) is 5.46. The van der Waals surface area contributed by atoms with Crippen LogP contribution in [0.2, 0.25) is 0 Å². The van der Waals surface area contributed by atoms with E-state index in [1.54, 1.807) is 32.2 Å². The largest absolute Gasteiger partial charge is 0.496 e. The molecule has 0 bridgehead atoms. The van der Waals surface area contributed by atoms with Crippen LogP contribution in [0.4, 0.5) is 4.79 Å². The molecule has 32 heavy (non-hydrogen) atoms. The number of carbonyl (C=O) groups excluding carboxylic acids is 3. The van der Waals surface area contributed by atoms with Crippen molar-refractivity contribution >= 4 is 28.9 Å². The van der Waals surface area contributed by atoms with E-state index in [0.717, 1.165) is 27.3 Å². The summed E-state index contributed by atoms with van der Waals surface area (Å²) >= 11 is 0. The smallest absolute Gasteiger partial charge is 0.325 e. The highest BCUT2D eigenvalue weighted by Crippen LogP contribution is 2.31. The molecule has 1 aliphatic rings. The van der Waals surface area contributed by atoms with Crippen LogP contribution in [-0.4, -0.2) is 52.9 Å². The number of amides is 4. The summed E-state index contributed by atoms with van der Waals surface area (Å²) < 4.78 is 5.26. The third-order valence-corrected chi connectivity index (χ3v) is 5.67. The molecule has 9 nitrogen and oxygen atoms in total. The molecule has 2 heterocycles. The van der Waals surface area contributed by atoms with Crippen LogP contribution in [0.25, 0.3) is 11.0 Å². The number of imide groups is 1. The molecule has 1 saturated heterocycles. The number of nitrogens with zero attached hydrogens (tertiary/aromatic N) is 2. The molecule has 0 spiro atoms. The van der Waals surface area contributed by atoms with E-state index >= 15 is 0 Å². The molecule has 1 aliphatic heterocycles. The van der Waals surface area contributed by atoms with Gasteiger partial charge in [0.05, 0.1) is 18.1 Å². The van der Waals surface area contributed by atoms with Gasteiger partial charge in [0.25, 0.3) is 5.91 Å². The molecule has 1 fully saturated rings. The van der Waals surface area contributed by atoms with E-state index in [-0.39, 0.29) is 6.54 Å². The Bertz CT molecular complexity index is 1170. The van der Waals surface area contributed by atoms with Crippen molar-refractivity contribution < 1.29 is 19.1 Å². The van der Waals surface area contributed by atoms with Crippen molar-refractivity contribution in [3.8, 4) is 5.75 Å². The lowest BCUT2D eigenvalue weighted by molar-refractivity contribution is -0.134. The van der Waals surface area contributed by atoms with Crippen molar-refractivity contribution in [3.63, 3.8) is 0 Å². The highest BCUT2D eigenvalue weighted by Gasteiger charge is 2.49. The molecule has 0 saturated carbocycles. The summed E-state index contributed by atoms with van der Waals surface area (Å²) in [7, 11) is 1.57. The number of ether oxygens (including phenoxy) is 1. The minimum absolute atomic E-state index is 0.331. The molecule has 1 aromatic heterocycles. The number of para-hydroxylation sites is 2. The molecule has 166 valence electrons. The lowest BCUT2D eigenvalue weighted by atomic mass is 9.90. The molecule has 2 aromatic carbocycles. The van der Waals surface area contributed by atoms with Crippen molar-refractivity contribution in [2.24, 2.45) is 0 Å². The number of aromatic amines is 1. The van der Waals surface area contributed by atoms with Gasteiger partial charge >= 0.3 is 6.03 Å². The van der Waals surface area contributed by atoms with Crippen LogP contribution >= 0.6 is 0 Å². The van der Waals surface area contributed by atoms with E-state index < -0.39 is 23.4 Å². The van der Waals surface area contributed by atoms with Gasteiger partial charge in [0, 0.05) is 13.0 Å². The van der Waals surface area contributed by atoms with Gasteiger partial charge in [-0.1, -0.05) is 18.2 Å². The fraction of sp³-hybridized carbons (Fsp3) is 0.304. The molecule has 1 unspecified atom stereocenters. The minimum atomic E-state index is -1.25. The third-order valence-electron chi connectivity index (χ3n) is 5.67. The summed E-state index contributed by atoms with van der Waals surface area (Å²) in [6.07, 6.45) is 0.503. The third kappa shape index (κ3) is 3.89. The summed E-state index contributed by atoms with van der Waals surface area (Å²) in [5.41, 5.74) is 2.02. The maximum atomic E-state index is 13.1. The van der Waals surface area contributed by atoms with E-state index in [1.165, 1.54) is 0 Å². The lowest BCUT2D eigenvalue weighted by Gasteiger charge is -2.23. The number of urea groups is 1. The highest BCUT2D eigenvalue weighted by atomic mass is 16.5.